The summed E-state index contributed by atoms with van der Waals surface area (Å²) >= 11 is 1.39. The minimum atomic E-state index is -0.0456. The number of carbonyl (C=O) groups is 1. The van der Waals surface area contributed by atoms with Crippen LogP contribution in [0.1, 0.15) is 18.9 Å². The quantitative estimate of drug-likeness (QED) is 0.919. The van der Waals surface area contributed by atoms with E-state index in [0.717, 1.165) is 11.3 Å². The largest absolute Gasteiger partial charge is 0.302 e. The van der Waals surface area contributed by atoms with Crippen LogP contribution in [0.25, 0.3) is 11.3 Å². The van der Waals surface area contributed by atoms with Crippen molar-refractivity contribution >= 4 is 22.4 Å². The lowest BCUT2D eigenvalue weighted by molar-refractivity contribution is -0.115. The fraction of sp³-hybridized carbons (Fsp3) is 0.154. The summed E-state index contributed by atoms with van der Waals surface area (Å²) in [5, 5.41) is 13.9. The van der Waals surface area contributed by atoms with Gasteiger partial charge in [0.05, 0.1) is 17.3 Å². The van der Waals surface area contributed by atoms with Gasteiger partial charge in [-0.05, 0) is 12.1 Å². The van der Waals surface area contributed by atoms with Gasteiger partial charge in [0.1, 0.15) is 0 Å². The smallest absolute Gasteiger partial charge is 0.225 e. The number of hydrogen-bond acceptors (Lipinski definition) is 4. The number of anilines is 1. The standard InChI is InChI=1S/C13H11N3OS/c1-2-12(17)16-13-15-11(8-18-13)10-5-3-9(7-14)4-6-10/h3-6,8H,2H2,1H3,(H,15,16,17). The third-order valence-corrected chi connectivity index (χ3v) is 3.14. The zero-order chi connectivity index (χ0) is 13.0. The molecule has 1 N–H and O–H groups in total. The topological polar surface area (TPSA) is 65.8 Å². The molecule has 0 unspecified atom stereocenters. The predicted molar refractivity (Wildman–Crippen MR) is 71.2 cm³/mol. The molecule has 0 bridgehead atoms. The molecule has 4 nitrogen and oxygen atoms in total. The molecule has 0 aliphatic carbocycles. The van der Waals surface area contributed by atoms with Gasteiger partial charge in [0, 0.05) is 17.4 Å². The van der Waals surface area contributed by atoms with Gasteiger partial charge in [-0.2, -0.15) is 5.26 Å². The second kappa shape index (κ2) is 5.43. The van der Waals surface area contributed by atoms with Crippen molar-refractivity contribution in [1.29, 1.82) is 5.26 Å². The Morgan fingerprint density at radius 2 is 2.17 bits per heavy atom. The molecule has 18 heavy (non-hydrogen) atoms. The number of nitriles is 1. The molecule has 1 aromatic heterocycles. The van der Waals surface area contributed by atoms with Crippen LogP contribution >= 0.6 is 11.3 Å². The van der Waals surface area contributed by atoms with Crippen LogP contribution in [-0.4, -0.2) is 10.9 Å². The van der Waals surface area contributed by atoms with E-state index in [4.69, 9.17) is 5.26 Å². The minimum Gasteiger partial charge on any atom is -0.302 e. The number of amides is 1. The Hall–Kier alpha value is -2.19. The normalized spacial score (nSPS) is 9.78. The Labute approximate surface area is 109 Å². The molecule has 1 amide bonds. The molecule has 2 rings (SSSR count). The first-order valence-corrected chi connectivity index (χ1v) is 6.37. The third kappa shape index (κ3) is 2.73. The summed E-state index contributed by atoms with van der Waals surface area (Å²) in [6.45, 7) is 1.80. The molecule has 2 aromatic rings. The monoisotopic (exact) mass is 257 g/mol. The lowest BCUT2D eigenvalue weighted by Gasteiger charge is -1.98. The number of nitrogens with one attached hydrogen (secondary N) is 1. The number of rotatable bonds is 3. The number of carbonyl (C=O) groups excluding carboxylic acids is 1. The molecule has 0 aliphatic heterocycles. The Morgan fingerprint density at radius 1 is 1.44 bits per heavy atom. The molecule has 1 aromatic carbocycles. The average molecular weight is 257 g/mol. The van der Waals surface area contributed by atoms with Gasteiger partial charge in [0.25, 0.3) is 0 Å². The molecule has 0 fully saturated rings. The van der Waals surface area contributed by atoms with E-state index in [9.17, 15) is 4.79 Å². The fourth-order valence-corrected chi connectivity index (χ4v) is 2.12. The molecule has 0 spiro atoms. The predicted octanol–water partition coefficient (Wildman–Crippen LogP) is 3.03. The number of hydrogen-bond donors (Lipinski definition) is 1. The van der Waals surface area contributed by atoms with Crippen LogP contribution in [0.4, 0.5) is 5.13 Å². The van der Waals surface area contributed by atoms with Gasteiger partial charge in [0.15, 0.2) is 5.13 Å². The summed E-state index contributed by atoms with van der Waals surface area (Å²) in [6, 6.07) is 9.26. The maximum atomic E-state index is 11.2. The average Bonchev–Trinajstić information content (AvgIpc) is 2.87. The highest BCUT2D eigenvalue weighted by Crippen LogP contribution is 2.25. The summed E-state index contributed by atoms with van der Waals surface area (Å²) in [6.07, 6.45) is 0.436. The zero-order valence-electron chi connectivity index (χ0n) is 9.80. The Kier molecular flexibility index (Phi) is 3.70. The van der Waals surface area contributed by atoms with E-state index in [2.05, 4.69) is 16.4 Å². The van der Waals surface area contributed by atoms with Crippen molar-refractivity contribution in [3.05, 3.63) is 35.2 Å². The summed E-state index contributed by atoms with van der Waals surface area (Å²) in [7, 11) is 0. The number of nitrogens with zero attached hydrogens (tertiary/aromatic N) is 2. The molecule has 0 atom stereocenters. The van der Waals surface area contributed by atoms with E-state index in [1.54, 1.807) is 19.1 Å². The van der Waals surface area contributed by atoms with E-state index in [-0.39, 0.29) is 5.91 Å². The van der Waals surface area contributed by atoms with Crippen LogP contribution in [0, 0.1) is 11.3 Å². The second-order valence-electron chi connectivity index (χ2n) is 3.63. The van der Waals surface area contributed by atoms with Gasteiger partial charge in [-0.15, -0.1) is 11.3 Å². The van der Waals surface area contributed by atoms with Crippen molar-refractivity contribution in [2.24, 2.45) is 0 Å². The van der Waals surface area contributed by atoms with Crippen molar-refractivity contribution in [2.45, 2.75) is 13.3 Å². The third-order valence-electron chi connectivity index (χ3n) is 2.38. The molecule has 0 aliphatic rings. The molecule has 1 heterocycles. The van der Waals surface area contributed by atoms with Crippen LogP contribution in [0.3, 0.4) is 0 Å². The van der Waals surface area contributed by atoms with Crippen molar-refractivity contribution in [1.82, 2.24) is 4.98 Å². The van der Waals surface area contributed by atoms with Crippen LogP contribution in [0.5, 0.6) is 0 Å². The van der Waals surface area contributed by atoms with E-state index in [1.165, 1.54) is 11.3 Å². The van der Waals surface area contributed by atoms with Gasteiger partial charge in [-0.25, -0.2) is 4.98 Å². The van der Waals surface area contributed by atoms with E-state index in [0.29, 0.717) is 17.1 Å². The fourth-order valence-electron chi connectivity index (χ4n) is 1.39. The van der Waals surface area contributed by atoms with Crippen molar-refractivity contribution in [3.63, 3.8) is 0 Å². The summed E-state index contributed by atoms with van der Waals surface area (Å²) in [4.78, 5) is 15.6. The maximum absolute atomic E-state index is 11.2. The molecular weight excluding hydrogens is 246 g/mol. The van der Waals surface area contributed by atoms with Crippen LogP contribution < -0.4 is 5.32 Å². The van der Waals surface area contributed by atoms with E-state index in [1.807, 2.05) is 17.5 Å². The second-order valence-corrected chi connectivity index (χ2v) is 4.49. The summed E-state index contributed by atoms with van der Waals surface area (Å²) in [5.74, 6) is -0.0456. The Bertz CT molecular complexity index is 595. The van der Waals surface area contributed by atoms with Gasteiger partial charge in [-0.1, -0.05) is 19.1 Å². The highest BCUT2D eigenvalue weighted by atomic mass is 32.1. The van der Waals surface area contributed by atoms with E-state index < -0.39 is 0 Å². The Morgan fingerprint density at radius 3 is 2.78 bits per heavy atom. The van der Waals surface area contributed by atoms with Crippen molar-refractivity contribution in [2.75, 3.05) is 5.32 Å². The maximum Gasteiger partial charge on any atom is 0.225 e. The van der Waals surface area contributed by atoms with Gasteiger partial charge in [0.2, 0.25) is 5.91 Å². The highest BCUT2D eigenvalue weighted by molar-refractivity contribution is 7.14. The SMILES string of the molecule is CCC(=O)Nc1nc(-c2ccc(C#N)cc2)cs1. The molecule has 90 valence electrons. The summed E-state index contributed by atoms with van der Waals surface area (Å²) < 4.78 is 0. The van der Waals surface area contributed by atoms with Gasteiger partial charge < -0.3 is 5.32 Å². The number of benzene rings is 1. The van der Waals surface area contributed by atoms with Crippen LogP contribution in [0.15, 0.2) is 29.6 Å². The first-order chi connectivity index (χ1) is 8.72. The van der Waals surface area contributed by atoms with Crippen LogP contribution in [0.2, 0.25) is 0 Å². The van der Waals surface area contributed by atoms with Gasteiger partial charge >= 0.3 is 0 Å². The molecule has 5 heteroatoms. The van der Waals surface area contributed by atoms with Crippen LogP contribution in [-0.2, 0) is 4.79 Å². The molecule has 0 radical (unpaired) electrons. The zero-order valence-corrected chi connectivity index (χ0v) is 10.6. The summed E-state index contributed by atoms with van der Waals surface area (Å²) in [5.41, 5.74) is 2.35. The van der Waals surface area contributed by atoms with Crippen molar-refractivity contribution < 1.29 is 4.79 Å². The molecule has 0 saturated heterocycles. The minimum absolute atomic E-state index is 0.0456. The highest BCUT2D eigenvalue weighted by Gasteiger charge is 2.06. The molecular formula is C13H11N3OS. The van der Waals surface area contributed by atoms with Gasteiger partial charge in [-0.3, -0.25) is 4.79 Å². The first-order valence-electron chi connectivity index (χ1n) is 5.49. The number of thiazole rings is 1. The lowest BCUT2D eigenvalue weighted by Crippen LogP contribution is -2.08. The lowest BCUT2D eigenvalue weighted by atomic mass is 10.1. The number of aromatic nitrogens is 1. The Balaban J connectivity index is 2.18. The van der Waals surface area contributed by atoms with Crippen molar-refractivity contribution in [3.8, 4) is 17.3 Å². The first kappa shape index (κ1) is 12.3. The van der Waals surface area contributed by atoms with E-state index >= 15 is 0 Å². The molecule has 0 saturated carbocycles.